The first-order chi connectivity index (χ1) is 13.0. The number of aryl methyl sites for hydroxylation is 1. The molecule has 0 fully saturated rings. The molecule has 6 heteroatoms. The third-order valence-corrected chi connectivity index (χ3v) is 5.18. The quantitative estimate of drug-likeness (QED) is 0.702. The molecule has 0 bridgehead atoms. The second-order valence-corrected chi connectivity index (χ2v) is 7.11. The van der Waals surface area contributed by atoms with Gasteiger partial charge in [-0.1, -0.05) is 66.5 Å². The average molecular weight is 407 g/mol. The molecule has 1 atom stereocenters. The van der Waals surface area contributed by atoms with Crippen molar-refractivity contribution in [3.63, 3.8) is 0 Å². The van der Waals surface area contributed by atoms with Crippen LogP contribution in [0.5, 0.6) is 0 Å². The van der Waals surface area contributed by atoms with Gasteiger partial charge < -0.3 is 10.2 Å². The molecule has 2 aromatic carbocycles. The van der Waals surface area contributed by atoms with E-state index in [9.17, 15) is 9.59 Å². The predicted octanol–water partition coefficient (Wildman–Crippen LogP) is 4.48. The normalized spacial score (nSPS) is 11.7. The van der Waals surface area contributed by atoms with E-state index in [1.165, 1.54) is 0 Å². The fourth-order valence-corrected chi connectivity index (χ4v) is 3.28. The number of carbonyl (C=O) groups is 2. The van der Waals surface area contributed by atoms with Gasteiger partial charge in [-0.25, -0.2) is 0 Å². The van der Waals surface area contributed by atoms with Crippen LogP contribution in [-0.4, -0.2) is 29.8 Å². The summed E-state index contributed by atoms with van der Waals surface area (Å²) in [6, 6.07) is 14.6. The molecule has 27 heavy (non-hydrogen) atoms. The van der Waals surface area contributed by atoms with Crippen molar-refractivity contribution in [1.82, 2.24) is 10.2 Å². The van der Waals surface area contributed by atoms with Gasteiger partial charge in [-0.05, 0) is 36.1 Å². The fraction of sp³-hybridized carbons (Fsp3) is 0.333. The molecule has 0 spiro atoms. The van der Waals surface area contributed by atoms with Crippen molar-refractivity contribution in [1.29, 1.82) is 0 Å². The van der Waals surface area contributed by atoms with Crippen molar-refractivity contribution in [2.75, 3.05) is 7.05 Å². The van der Waals surface area contributed by atoms with Gasteiger partial charge in [0.05, 0.1) is 10.0 Å². The van der Waals surface area contributed by atoms with E-state index in [2.05, 4.69) is 5.32 Å². The van der Waals surface area contributed by atoms with Crippen LogP contribution in [0.3, 0.4) is 0 Å². The van der Waals surface area contributed by atoms with Crippen molar-refractivity contribution in [2.45, 2.75) is 38.8 Å². The van der Waals surface area contributed by atoms with Crippen LogP contribution in [0, 0.1) is 0 Å². The van der Waals surface area contributed by atoms with Crippen LogP contribution < -0.4 is 5.32 Å². The summed E-state index contributed by atoms with van der Waals surface area (Å²) in [5.74, 6) is -0.244. The molecule has 0 saturated carbocycles. The van der Waals surface area contributed by atoms with Crippen LogP contribution in [0.2, 0.25) is 10.0 Å². The van der Waals surface area contributed by atoms with Gasteiger partial charge in [0.1, 0.15) is 6.04 Å². The summed E-state index contributed by atoms with van der Waals surface area (Å²) >= 11 is 12.1. The van der Waals surface area contributed by atoms with Gasteiger partial charge in [-0.3, -0.25) is 9.59 Å². The van der Waals surface area contributed by atoms with E-state index >= 15 is 0 Å². The van der Waals surface area contributed by atoms with Crippen molar-refractivity contribution in [2.24, 2.45) is 0 Å². The zero-order chi connectivity index (χ0) is 19.8. The Morgan fingerprint density at radius 3 is 2.33 bits per heavy atom. The van der Waals surface area contributed by atoms with E-state index in [0.29, 0.717) is 35.9 Å². The Kier molecular flexibility index (Phi) is 8.14. The number of nitrogens with one attached hydrogen (secondary N) is 1. The molecule has 144 valence electrons. The minimum absolute atomic E-state index is 0.0691. The summed E-state index contributed by atoms with van der Waals surface area (Å²) in [4.78, 5) is 26.9. The molecule has 2 rings (SSSR count). The van der Waals surface area contributed by atoms with E-state index in [4.69, 9.17) is 23.2 Å². The van der Waals surface area contributed by atoms with E-state index in [-0.39, 0.29) is 11.8 Å². The third-order valence-electron chi connectivity index (χ3n) is 4.44. The summed E-state index contributed by atoms with van der Waals surface area (Å²) < 4.78 is 0. The van der Waals surface area contributed by atoms with Crippen LogP contribution in [-0.2, 0) is 22.6 Å². The van der Waals surface area contributed by atoms with E-state index in [1.54, 1.807) is 24.1 Å². The summed E-state index contributed by atoms with van der Waals surface area (Å²) in [7, 11) is 1.58. The molecule has 0 aliphatic heterocycles. The Balaban J connectivity index is 2.20. The number of amides is 2. The number of halogens is 2. The molecule has 4 nitrogen and oxygen atoms in total. The van der Waals surface area contributed by atoms with Crippen molar-refractivity contribution < 1.29 is 9.59 Å². The summed E-state index contributed by atoms with van der Waals surface area (Å²) in [6.45, 7) is 2.20. The number of carbonyl (C=O) groups excluding carboxylic acids is 2. The highest BCUT2D eigenvalue weighted by molar-refractivity contribution is 6.42. The zero-order valence-corrected chi connectivity index (χ0v) is 17.1. The van der Waals surface area contributed by atoms with Crippen LogP contribution >= 0.6 is 23.2 Å². The van der Waals surface area contributed by atoms with Gasteiger partial charge in [-0.15, -0.1) is 0 Å². The van der Waals surface area contributed by atoms with Crippen LogP contribution in [0.1, 0.15) is 30.9 Å². The van der Waals surface area contributed by atoms with Crippen LogP contribution in [0.15, 0.2) is 48.5 Å². The zero-order valence-electron chi connectivity index (χ0n) is 15.5. The Labute approximate surface area is 170 Å². The summed E-state index contributed by atoms with van der Waals surface area (Å²) in [6.07, 6.45) is 1.48. The molecule has 0 aromatic heterocycles. The molecular weight excluding hydrogens is 383 g/mol. The molecular formula is C21H24Cl2N2O2. The molecule has 0 saturated heterocycles. The number of likely N-dealkylation sites (N-methyl/N-ethyl adjacent to an activating group) is 1. The highest BCUT2D eigenvalue weighted by Crippen LogP contribution is 2.24. The first-order valence-electron chi connectivity index (χ1n) is 8.95. The summed E-state index contributed by atoms with van der Waals surface area (Å²) in [5, 5.41) is 3.54. The standard InChI is InChI=1S/C21H24Cl2N2O2/c1-3-19(21(27)24-2)25(14-16-9-11-17(22)18(23)13-16)20(26)12-10-15-7-5-4-6-8-15/h4-9,11,13,19H,3,10,12,14H2,1-2H3,(H,24,27)/t19-/m0/s1. The second kappa shape index (κ2) is 10.3. The Morgan fingerprint density at radius 1 is 1.04 bits per heavy atom. The van der Waals surface area contributed by atoms with E-state index < -0.39 is 6.04 Å². The smallest absolute Gasteiger partial charge is 0.242 e. The van der Waals surface area contributed by atoms with Crippen LogP contribution in [0.4, 0.5) is 0 Å². The average Bonchev–Trinajstić information content (AvgIpc) is 2.69. The number of benzene rings is 2. The number of rotatable bonds is 8. The lowest BCUT2D eigenvalue weighted by Crippen LogP contribution is -2.48. The highest BCUT2D eigenvalue weighted by Gasteiger charge is 2.27. The minimum Gasteiger partial charge on any atom is -0.357 e. The topological polar surface area (TPSA) is 49.4 Å². The number of nitrogens with zero attached hydrogens (tertiary/aromatic N) is 1. The lowest BCUT2D eigenvalue weighted by Gasteiger charge is -2.30. The lowest BCUT2D eigenvalue weighted by atomic mass is 10.1. The van der Waals surface area contributed by atoms with Gasteiger partial charge in [0.2, 0.25) is 11.8 Å². The third kappa shape index (κ3) is 5.98. The van der Waals surface area contributed by atoms with Gasteiger partial charge in [0.15, 0.2) is 0 Å². The molecule has 1 N–H and O–H groups in total. The minimum atomic E-state index is -0.535. The van der Waals surface area contributed by atoms with Crippen LogP contribution in [0.25, 0.3) is 0 Å². The van der Waals surface area contributed by atoms with Crippen molar-refractivity contribution >= 4 is 35.0 Å². The Morgan fingerprint density at radius 2 is 1.74 bits per heavy atom. The SMILES string of the molecule is CC[C@@H](C(=O)NC)N(Cc1ccc(Cl)c(Cl)c1)C(=O)CCc1ccccc1. The Hall–Kier alpha value is -2.04. The highest BCUT2D eigenvalue weighted by atomic mass is 35.5. The van der Waals surface area contributed by atoms with E-state index in [1.807, 2.05) is 43.3 Å². The monoisotopic (exact) mass is 406 g/mol. The van der Waals surface area contributed by atoms with Crippen molar-refractivity contribution in [3.05, 3.63) is 69.7 Å². The first kappa shape index (κ1) is 21.3. The van der Waals surface area contributed by atoms with Gasteiger partial charge in [-0.2, -0.15) is 0 Å². The van der Waals surface area contributed by atoms with Crippen molar-refractivity contribution in [3.8, 4) is 0 Å². The predicted molar refractivity (Wildman–Crippen MR) is 110 cm³/mol. The molecule has 2 aromatic rings. The van der Waals surface area contributed by atoms with Gasteiger partial charge >= 0.3 is 0 Å². The fourth-order valence-electron chi connectivity index (χ4n) is 2.96. The molecule has 0 aliphatic carbocycles. The van der Waals surface area contributed by atoms with E-state index in [0.717, 1.165) is 11.1 Å². The molecule has 2 amide bonds. The largest absolute Gasteiger partial charge is 0.357 e. The maximum atomic E-state index is 13.0. The molecule has 0 aliphatic rings. The maximum Gasteiger partial charge on any atom is 0.242 e. The lowest BCUT2D eigenvalue weighted by molar-refractivity contribution is -0.141. The number of hydrogen-bond donors (Lipinski definition) is 1. The van der Waals surface area contributed by atoms with Gasteiger partial charge in [0.25, 0.3) is 0 Å². The number of hydrogen-bond acceptors (Lipinski definition) is 2. The molecule has 0 heterocycles. The Bertz CT molecular complexity index is 781. The molecule has 0 radical (unpaired) electrons. The summed E-state index contributed by atoms with van der Waals surface area (Å²) in [5.41, 5.74) is 1.92. The second-order valence-electron chi connectivity index (χ2n) is 6.29. The maximum absolute atomic E-state index is 13.0. The molecule has 0 unspecified atom stereocenters. The first-order valence-corrected chi connectivity index (χ1v) is 9.70. The van der Waals surface area contributed by atoms with Gasteiger partial charge in [0, 0.05) is 20.0 Å².